The lowest BCUT2D eigenvalue weighted by molar-refractivity contribution is 0.218. The third-order valence-corrected chi connectivity index (χ3v) is 11.7. The number of thioether (sulfide) groups is 1. The zero-order valence-electron chi connectivity index (χ0n) is 26.9. The van der Waals surface area contributed by atoms with Gasteiger partial charge in [0.15, 0.2) is 16.7 Å². The molecule has 0 aliphatic carbocycles. The molecule has 1 unspecified atom stereocenters. The van der Waals surface area contributed by atoms with Crippen LogP contribution in [-0.4, -0.2) is 68.0 Å². The third-order valence-electron chi connectivity index (χ3n) is 8.53. The number of hydrogen-bond donors (Lipinski definition) is 0. The van der Waals surface area contributed by atoms with E-state index in [2.05, 4.69) is 4.98 Å². The highest BCUT2D eigenvalue weighted by Crippen LogP contribution is 2.39. The van der Waals surface area contributed by atoms with Gasteiger partial charge in [-0.25, -0.2) is 26.6 Å². The van der Waals surface area contributed by atoms with Gasteiger partial charge in [-0.3, -0.25) is 4.57 Å². The van der Waals surface area contributed by atoms with Crippen LogP contribution >= 0.6 is 23.4 Å². The Kier molecular flexibility index (Phi) is 10.7. The largest absolute Gasteiger partial charge is 0.494 e. The van der Waals surface area contributed by atoms with E-state index in [1.54, 1.807) is 30.5 Å². The van der Waals surface area contributed by atoms with Gasteiger partial charge in [0.25, 0.3) is 0 Å². The van der Waals surface area contributed by atoms with Gasteiger partial charge in [-0.2, -0.15) is 4.31 Å². The van der Waals surface area contributed by atoms with Crippen LogP contribution in [0.15, 0.2) is 70.8 Å². The maximum atomic E-state index is 15.6. The Balaban J connectivity index is 1.45. The first kappa shape index (κ1) is 35.3. The number of benzene rings is 3. The van der Waals surface area contributed by atoms with Crippen LogP contribution in [0.25, 0.3) is 5.69 Å². The van der Waals surface area contributed by atoms with Crippen LogP contribution in [0.2, 0.25) is 5.02 Å². The summed E-state index contributed by atoms with van der Waals surface area (Å²) in [5.74, 6) is -1.30. The van der Waals surface area contributed by atoms with Crippen LogP contribution < -0.4 is 4.74 Å². The van der Waals surface area contributed by atoms with Crippen molar-refractivity contribution in [2.24, 2.45) is 5.92 Å². The highest BCUT2D eigenvalue weighted by Gasteiger charge is 2.33. The summed E-state index contributed by atoms with van der Waals surface area (Å²) >= 11 is 7.76. The fourth-order valence-corrected chi connectivity index (χ4v) is 9.02. The molecule has 1 fully saturated rings. The number of ether oxygens (including phenoxy) is 1. The van der Waals surface area contributed by atoms with Gasteiger partial charge >= 0.3 is 0 Å². The summed E-state index contributed by atoms with van der Waals surface area (Å²) in [6, 6.07) is 12.9. The molecule has 1 aromatic heterocycles. The molecule has 0 amide bonds. The van der Waals surface area contributed by atoms with Gasteiger partial charge in [-0.1, -0.05) is 43.3 Å². The number of methoxy groups -OCH3 is 1. The van der Waals surface area contributed by atoms with Crippen molar-refractivity contribution in [2.45, 2.75) is 47.9 Å². The quantitative estimate of drug-likeness (QED) is 0.150. The van der Waals surface area contributed by atoms with Gasteiger partial charge in [0.2, 0.25) is 10.0 Å². The van der Waals surface area contributed by atoms with E-state index < -0.39 is 32.9 Å². The summed E-state index contributed by atoms with van der Waals surface area (Å²) in [5, 5.41) is 0.470. The second kappa shape index (κ2) is 14.2. The van der Waals surface area contributed by atoms with E-state index in [9.17, 15) is 17.2 Å². The smallest absolute Gasteiger partial charge is 0.243 e. The first-order chi connectivity index (χ1) is 22.2. The zero-order valence-corrected chi connectivity index (χ0v) is 29.3. The molecule has 0 spiro atoms. The number of imidazole rings is 1. The summed E-state index contributed by atoms with van der Waals surface area (Å²) < 4.78 is 79.3. The van der Waals surface area contributed by atoms with Crippen molar-refractivity contribution in [3.05, 3.63) is 100 Å². The molecule has 7 nitrogen and oxygen atoms in total. The number of nitrogens with zero attached hydrogens (tertiary/aromatic N) is 4. The standard InChI is InChI=1S/C34H38ClF3N4O3S2/c1-34(2,23-8-13-29(37)31(15-23)45-5)32-18-39-33(42(32)25-11-9-24(36)10-12-25)46-21-27-28(35)16-26(17-30(27)38)47(43,44)41-14-6-7-22(20-41)19-40(3)4/h8-13,15-18,22H,6-7,14,19-21H2,1-5H3. The topological polar surface area (TPSA) is 67.7 Å². The lowest BCUT2D eigenvalue weighted by Crippen LogP contribution is -2.42. The molecule has 13 heteroatoms. The molecule has 3 aromatic carbocycles. The van der Waals surface area contributed by atoms with E-state index >= 15 is 4.39 Å². The number of sulfonamides is 1. The first-order valence-corrected chi connectivity index (χ1v) is 18.0. The normalized spacial score (nSPS) is 16.2. The third kappa shape index (κ3) is 7.51. The van der Waals surface area contributed by atoms with E-state index in [-0.39, 0.29) is 32.9 Å². The van der Waals surface area contributed by atoms with Crippen LogP contribution in [0.3, 0.4) is 0 Å². The number of halogens is 4. The van der Waals surface area contributed by atoms with Crippen molar-refractivity contribution in [3.8, 4) is 11.4 Å². The number of piperidine rings is 1. The molecule has 5 rings (SSSR count). The fraction of sp³-hybridized carbons (Fsp3) is 0.382. The maximum absolute atomic E-state index is 15.6. The van der Waals surface area contributed by atoms with E-state index in [4.69, 9.17) is 16.3 Å². The average molecular weight is 707 g/mol. The number of hydrogen-bond acceptors (Lipinski definition) is 6. The van der Waals surface area contributed by atoms with E-state index in [0.717, 1.165) is 31.0 Å². The van der Waals surface area contributed by atoms with Crippen LogP contribution in [0.4, 0.5) is 13.2 Å². The van der Waals surface area contributed by atoms with E-state index in [1.807, 2.05) is 37.4 Å². The molecule has 1 saturated heterocycles. The van der Waals surface area contributed by atoms with Crippen molar-refractivity contribution in [3.63, 3.8) is 0 Å². The second-order valence-electron chi connectivity index (χ2n) is 12.5. The van der Waals surface area contributed by atoms with Crippen molar-refractivity contribution in [1.82, 2.24) is 18.8 Å². The second-order valence-corrected chi connectivity index (χ2v) is 15.8. The Morgan fingerprint density at radius 1 is 1.06 bits per heavy atom. The molecule has 0 radical (unpaired) electrons. The minimum atomic E-state index is -3.95. The summed E-state index contributed by atoms with van der Waals surface area (Å²) in [6.07, 6.45) is 3.34. The monoisotopic (exact) mass is 706 g/mol. The lowest BCUT2D eigenvalue weighted by Gasteiger charge is -2.33. The molecule has 47 heavy (non-hydrogen) atoms. The highest BCUT2D eigenvalue weighted by molar-refractivity contribution is 7.98. The molecular formula is C34H38ClF3N4O3S2. The van der Waals surface area contributed by atoms with Crippen LogP contribution in [0.5, 0.6) is 5.75 Å². The van der Waals surface area contributed by atoms with Gasteiger partial charge in [-0.05, 0) is 86.9 Å². The molecule has 252 valence electrons. The molecule has 2 heterocycles. The van der Waals surface area contributed by atoms with Crippen LogP contribution in [0, 0.1) is 23.4 Å². The van der Waals surface area contributed by atoms with Gasteiger partial charge in [0.05, 0.1) is 23.9 Å². The zero-order chi connectivity index (χ0) is 34.1. The molecule has 0 saturated carbocycles. The van der Waals surface area contributed by atoms with Crippen molar-refractivity contribution >= 4 is 33.4 Å². The van der Waals surface area contributed by atoms with Crippen molar-refractivity contribution in [1.29, 1.82) is 0 Å². The average Bonchev–Trinajstić information content (AvgIpc) is 3.45. The summed E-state index contributed by atoms with van der Waals surface area (Å²) in [7, 11) is 1.36. The lowest BCUT2D eigenvalue weighted by atomic mass is 9.81. The van der Waals surface area contributed by atoms with E-state index in [0.29, 0.717) is 29.6 Å². The predicted molar refractivity (Wildman–Crippen MR) is 180 cm³/mol. The molecule has 1 aliphatic rings. The molecule has 1 aliphatic heterocycles. The minimum absolute atomic E-state index is 0.00299. The summed E-state index contributed by atoms with van der Waals surface area (Å²) in [5.41, 5.74) is 1.49. The predicted octanol–water partition coefficient (Wildman–Crippen LogP) is 7.53. The number of rotatable bonds is 11. The van der Waals surface area contributed by atoms with Crippen molar-refractivity contribution in [2.75, 3.05) is 40.8 Å². The minimum Gasteiger partial charge on any atom is -0.494 e. The summed E-state index contributed by atoms with van der Waals surface area (Å²) in [6.45, 7) is 5.41. The van der Waals surface area contributed by atoms with E-state index in [1.165, 1.54) is 47.4 Å². The van der Waals surface area contributed by atoms with Gasteiger partial charge in [0.1, 0.15) is 11.6 Å². The Morgan fingerprint density at radius 2 is 1.79 bits per heavy atom. The SMILES string of the molecule is COc1cc(C(C)(C)c2cnc(SCc3c(F)cc(S(=O)(=O)N4CCCC(CN(C)C)C4)cc3Cl)n2-c2ccc(F)cc2)ccc1F. The van der Waals surface area contributed by atoms with Crippen molar-refractivity contribution < 1.29 is 26.3 Å². The Hall–Kier alpha value is -3.03. The van der Waals surface area contributed by atoms with Gasteiger partial charge < -0.3 is 9.64 Å². The highest BCUT2D eigenvalue weighted by atomic mass is 35.5. The molecule has 0 N–H and O–H groups in total. The van der Waals surface area contributed by atoms with Gasteiger partial charge in [-0.15, -0.1) is 0 Å². The Labute approximate surface area is 283 Å². The fourth-order valence-electron chi connectivity index (χ4n) is 5.98. The molecular weight excluding hydrogens is 669 g/mol. The Bertz CT molecular complexity index is 1830. The molecule has 4 aromatic rings. The first-order valence-electron chi connectivity index (χ1n) is 15.2. The molecule has 0 bridgehead atoms. The van der Waals surface area contributed by atoms with Gasteiger partial charge in [0, 0.05) is 47.1 Å². The maximum Gasteiger partial charge on any atom is 0.243 e. The van der Waals surface area contributed by atoms with Crippen LogP contribution in [-0.2, 0) is 21.2 Å². The number of aromatic nitrogens is 2. The Morgan fingerprint density at radius 3 is 2.45 bits per heavy atom. The molecule has 1 atom stereocenters. The van der Waals surface area contributed by atoms with Crippen LogP contribution in [0.1, 0.15) is 43.5 Å². The summed E-state index contributed by atoms with van der Waals surface area (Å²) in [4.78, 5) is 6.50.